The molecule has 1 saturated heterocycles. The Hall–Kier alpha value is -5.94. The van der Waals surface area contributed by atoms with E-state index in [2.05, 4.69) is 58.1 Å². The molecule has 0 unspecified atom stereocenters. The minimum atomic E-state index is -0.654. The Kier molecular flexibility index (Phi) is 11.8. The summed E-state index contributed by atoms with van der Waals surface area (Å²) < 4.78 is 19.4. The van der Waals surface area contributed by atoms with E-state index < -0.39 is 17.6 Å². The molecule has 5 aromatic rings. The summed E-state index contributed by atoms with van der Waals surface area (Å²) in [5.74, 6) is -0.476. The molecule has 312 valence electrons. The maximum absolute atomic E-state index is 15.1. The third-order valence-corrected chi connectivity index (χ3v) is 11.8. The number of ether oxygens (including phenoxy) is 3. The molecular formula is C49H54N4O7. The van der Waals surface area contributed by atoms with Gasteiger partial charge in [0.05, 0.1) is 23.6 Å². The third kappa shape index (κ3) is 8.82. The van der Waals surface area contributed by atoms with Gasteiger partial charge >= 0.3 is 6.09 Å². The Bertz CT molecular complexity index is 2340. The van der Waals surface area contributed by atoms with Crippen LogP contribution < -0.4 is 4.74 Å². The highest BCUT2D eigenvalue weighted by Gasteiger charge is 2.43. The first-order chi connectivity index (χ1) is 29.0. The minimum Gasteiger partial charge on any atom is -0.492 e. The maximum atomic E-state index is 15.1. The van der Waals surface area contributed by atoms with Gasteiger partial charge in [0, 0.05) is 63.0 Å². The second-order valence-electron chi connectivity index (χ2n) is 17.1. The lowest BCUT2D eigenvalue weighted by atomic mass is 9.79. The number of nitrogens with zero attached hydrogens (tertiary/aromatic N) is 4. The maximum Gasteiger partial charge on any atom is 0.410 e. The van der Waals surface area contributed by atoms with E-state index in [0.29, 0.717) is 43.0 Å². The van der Waals surface area contributed by atoms with Crippen LogP contribution in [0.3, 0.4) is 0 Å². The number of likely N-dealkylation sites (tertiary alicyclic amines) is 1. The van der Waals surface area contributed by atoms with E-state index in [1.807, 2.05) is 51.1 Å². The number of benzene rings is 4. The number of carbonyl (C=O) groups excluding carboxylic acids is 4. The molecule has 8 rings (SSSR count). The molecule has 2 aliphatic heterocycles. The lowest BCUT2D eigenvalue weighted by Crippen LogP contribution is -2.51. The van der Waals surface area contributed by atoms with Crippen LogP contribution in [0.5, 0.6) is 5.75 Å². The molecule has 0 spiro atoms. The van der Waals surface area contributed by atoms with Gasteiger partial charge in [-0.3, -0.25) is 19.3 Å². The van der Waals surface area contributed by atoms with Gasteiger partial charge in [0.2, 0.25) is 5.91 Å². The number of fused-ring (bicyclic) bond motifs is 2. The van der Waals surface area contributed by atoms with Crippen molar-refractivity contribution in [3.8, 4) is 16.9 Å². The van der Waals surface area contributed by atoms with E-state index in [0.717, 1.165) is 59.0 Å². The number of aromatic nitrogens is 1. The number of rotatable bonds is 14. The zero-order valence-electron chi connectivity index (χ0n) is 35.0. The highest BCUT2D eigenvalue weighted by atomic mass is 16.6. The van der Waals surface area contributed by atoms with E-state index >= 15 is 4.79 Å². The molecule has 11 heteroatoms. The number of aryl methyl sites for hydroxylation is 1. The van der Waals surface area contributed by atoms with Gasteiger partial charge in [-0.05, 0) is 105 Å². The molecular weight excluding hydrogens is 757 g/mol. The monoisotopic (exact) mass is 810 g/mol. The molecule has 0 bridgehead atoms. The summed E-state index contributed by atoms with van der Waals surface area (Å²) in [7, 11) is 1.72. The van der Waals surface area contributed by atoms with Crippen molar-refractivity contribution in [3.63, 3.8) is 0 Å². The summed E-state index contributed by atoms with van der Waals surface area (Å²) in [6.07, 6.45) is 5.24. The molecule has 3 heterocycles. The minimum absolute atomic E-state index is 0.0695. The van der Waals surface area contributed by atoms with Crippen molar-refractivity contribution in [1.82, 2.24) is 19.3 Å². The van der Waals surface area contributed by atoms with E-state index in [1.165, 1.54) is 4.90 Å². The number of piperidine rings is 1. The summed E-state index contributed by atoms with van der Waals surface area (Å²) in [6.45, 7) is 8.68. The SMILES string of the molecule is COCCCn1cc(CN(C(=O)[C@H]2CN(C(=O)OC(C)(C)C)CC[C@@H]2c2cccc(-c3ccc(OCCN4C(=O)c5ccccc5C4=O)cc3)c2)C2CC2)c2ccccc21. The third-order valence-electron chi connectivity index (χ3n) is 11.8. The van der Waals surface area contributed by atoms with Crippen molar-refractivity contribution in [2.75, 3.05) is 40.0 Å². The molecule has 1 aliphatic carbocycles. The average molecular weight is 811 g/mol. The van der Waals surface area contributed by atoms with E-state index in [1.54, 1.807) is 36.3 Å². The normalized spacial score (nSPS) is 17.9. The predicted molar refractivity (Wildman–Crippen MR) is 230 cm³/mol. The summed E-state index contributed by atoms with van der Waals surface area (Å²) in [6, 6.07) is 31.5. The highest BCUT2D eigenvalue weighted by molar-refractivity contribution is 6.21. The largest absolute Gasteiger partial charge is 0.492 e. The van der Waals surface area contributed by atoms with Crippen LogP contribution in [0, 0.1) is 5.92 Å². The second-order valence-corrected chi connectivity index (χ2v) is 17.1. The molecule has 3 aliphatic rings. The van der Waals surface area contributed by atoms with Crippen molar-refractivity contribution in [1.29, 1.82) is 0 Å². The molecule has 1 saturated carbocycles. The van der Waals surface area contributed by atoms with Crippen LogP contribution in [0.15, 0.2) is 103 Å². The topological polar surface area (TPSA) is 111 Å². The highest BCUT2D eigenvalue weighted by Crippen LogP contribution is 2.40. The van der Waals surface area contributed by atoms with Crippen LogP contribution in [0.1, 0.15) is 84.2 Å². The number of amides is 4. The van der Waals surface area contributed by atoms with Crippen molar-refractivity contribution in [2.45, 2.75) is 77.1 Å². The Labute approximate surface area is 351 Å². The molecule has 1 aromatic heterocycles. The van der Waals surface area contributed by atoms with E-state index in [9.17, 15) is 14.4 Å². The van der Waals surface area contributed by atoms with Gasteiger partial charge < -0.3 is 28.6 Å². The zero-order valence-corrected chi connectivity index (χ0v) is 35.0. The number of methoxy groups -OCH3 is 1. The fourth-order valence-electron chi connectivity index (χ4n) is 8.67. The number of hydrogen-bond donors (Lipinski definition) is 0. The molecule has 0 radical (unpaired) electrons. The summed E-state index contributed by atoms with van der Waals surface area (Å²) in [5.41, 5.74) is 5.51. The van der Waals surface area contributed by atoms with Crippen LogP contribution in [-0.2, 0) is 27.4 Å². The number of imide groups is 1. The molecule has 0 N–H and O–H groups in total. The fourth-order valence-corrected chi connectivity index (χ4v) is 8.67. The summed E-state index contributed by atoms with van der Waals surface area (Å²) >= 11 is 0. The molecule has 60 heavy (non-hydrogen) atoms. The lowest BCUT2D eigenvalue weighted by molar-refractivity contribution is -0.139. The standard InChI is InChI=1S/C49H54N4O7/c1-49(2,3)60-48(57)51-25-23-39(43(32-51)47(56)53(37-19-20-37)31-36-30-50(24-10-27-58-4)44-16-8-7-13-40(36)44)35-12-9-11-34(29-35)33-17-21-38(22-18-33)59-28-26-52-45(54)41-14-5-6-15-42(41)46(52)55/h5-9,11-18,21-22,29-30,37,39,43H,10,19-20,23-28,31-32H2,1-4H3/t39-,43+/m1/s1. The average Bonchev–Trinajstić information content (AvgIpc) is 4.00. The molecule has 2 fully saturated rings. The summed E-state index contributed by atoms with van der Waals surface area (Å²) in [4.78, 5) is 59.2. The second kappa shape index (κ2) is 17.3. The van der Waals surface area contributed by atoms with Crippen molar-refractivity contribution >= 4 is 34.7 Å². The first-order valence-electron chi connectivity index (χ1n) is 21.1. The van der Waals surface area contributed by atoms with Crippen LogP contribution in [0.25, 0.3) is 22.0 Å². The van der Waals surface area contributed by atoms with Gasteiger partial charge in [-0.25, -0.2) is 4.79 Å². The molecule has 2 atom stereocenters. The van der Waals surface area contributed by atoms with Crippen LogP contribution in [0.4, 0.5) is 4.79 Å². The first kappa shape index (κ1) is 40.8. The van der Waals surface area contributed by atoms with Crippen molar-refractivity contribution in [2.24, 2.45) is 5.92 Å². The van der Waals surface area contributed by atoms with Gasteiger partial charge in [-0.2, -0.15) is 0 Å². The van der Waals surface area contributed by atoms with Gasteiger partial charge in [0.15, 0.2) is 0 Å². The Morgan fingerprint density at radius 2 is 1.52 bits per heavy atom. The van der Waals surface area contributed by atoms with Gasteiger partial charge in [0.1, 0.15) is 18.0 Å². The molecule has 4 amide bonds. The lowest BCUT2D eigenvalue weighted by Gasteiger charge is -2.40. The van der Waals surface area contributed by atoms with Crippen molar-refractivity contribution in [3.05, 3.63) is 126 Å². The number of carbonyl (C=O) groups is 4. The van der Waals surface area contributed by atoms with Crippen LogP contribution >= 0.6 is 0 Å². The van der Waals surface area contributed by atoms with E-state index in [-0.39, 0.29) is 49.4 Å². The van der Waals surface area contributed by atoms with Crippen LogP contribution in [-0.4, -0.2) is 94.7 Å². The van der Waals surface area contributed by atoms with Gasteiger partial charge in [0.25, 0.3) is 11.8 Å². The van der Waals surface area contributed by atoms with Crippen LogP contribution in [0.2, 0.25) is 0 Å². The zero-order chi connectivity index (χ0) is 42.0. The molecule has 11 nitrogen and oxygen atoms in total. The number of para-hydroxylation sites is 1. The fraction of sp³-hybridized carbons (Fsp3) is 0.388. The van der Waals surface area contributed by atoms with Crippen molar-refractivity contribution < 1.29 is 33.4 Å². The first-order valence-corrected chi connectivity index (χ1v) is 21.1. The Morgan fingerprint density at radius 1 is 0.800 bits per heavy atom. The van der Waals surface area contributed by atoms with E-state index in [4.69, 9.17) is 14.2 Å². The Morgan fingerprint density at radius 3 is 2.22 bits per heavy atom. The predicted octanol–water partition coefficient (Wildman–Crippen LogP) is 8.55. The Balaban J connectivity index is 1.01. The smallest absolute Gasteiger partial charge is 0.410 e. The quantitative estimate of drug-likeness (QED) is 0.0817. The summed E-state index contributed by atoms with van der Waals surface area (Å²) in [5, 5.41) is 1.15. The van der Waals surface area contributed by atoms with Gasteiger partial charge in [-0.15, -0.1) is 0 Å². The van der Waals surface area contributed by atoms with Gasteiger partial charge in [-0.1, -0.05) is 66.7 Å². The molecule has 4 aromatic carbocycles. The number of hydrogen-bond acceptors (Lipinski definition) is 7.